The highest BCUT2D eigenvalue weighted by Gasteiger charge is 2.25. The van der Waals surface area contributed by atoms with Crippen LogP contribution in [0.4, 0.5) is 5.69 Å². The van der Waals surface area contributed by atoms with Crippen LogP contribution >= 0.6 is 11.6 Å². The number of hydrogen-bond acceptors (Lipinski definition) is 4. The van der Waals surface area contributed by atoms with Crippen molar-refractivity contribution >= 4 is 28.3 Å². The van der Waals surface area contributed by atoms with E-state index in [1.165, 1.54) is 23.8 Å². The maximum Gasteiger partial charge on any atom is 0.270 e. The van der Waals surface area contributed by atoms with E-state index in [0.29, 0.717) is 27.9 Å². The standard InChI is InChI=1S/C17H19ClN4O/c1-21(11-6-4-3-5-7-11)16-12(10-19)17(23)22(2)13-8-9-14(18)20-15(13)16/h8-9,11H,3-7H2,1-2H3. The molecule has 5 nitrogen and oxygen atoms in total. The van der Waals surface area contributed by atoms with Crippen molar-refractivity contribution in [3.8, 4) is 6.07 Å². The second-order valence-electron chi connectivity index (χ2n) is 6.10. The number of aryl methyl sites for hydroxylation is 1. The number of rotatable bonds is 2. The number of halogens is 1. The van der Waals surface area contributed by atoms with E-state index in [4.69, 9.17) is 11.6 Å². The number of pyridine rings is 2. The van der Waals surface area contributed by atoms with Gasteiger partial charge in [-0.05, 0) is 25.0 Å². The highest BCUT2D eigenvalue weighted by Crippen LogP contribution is 2.32. The average Bonchev–Trinajstić information content (AvgIpc) is 2.58. The monoisotopic (exact) mass is 330 g/mol. The molecule has 0 radical (unpaired) electrons. The van der Waals surface area contributed by atoms with Gasteiger partial charge < -0.3 is 9.47 Å². The van der Waals surface area contributed by atoms with Crippen LogP contribution in [0.15, 0.2) is 16.9 Å². The lowest BCUT2D eigenvalue weighted by Crippen LogP contribution is -2.36. The van der Waals surface area contributed by atoms with E-state index in [1.54, 1.807) is 19.2 Å². The van der Waals surface area contributed by atoms with Gasteiger partial charge in [0.2, 0.25) is 0 Å². The number of hydrogen-bond donors (Lipinski definition) is 0. The first-order valence-electron chi connectivity index (χ1n) is 7.86. The summed E-state index contributed by atoms with van der Waals surface area (Å²) < 4.78 is 1.47. The van der Waals surface area contributed by atoms with Crippen LogP contribution in [0.25, 0.3) is 11.0 Å². The second-order valence-corrected chi connectivity index (χ2v) is 6.49. The van der Waals surface area contributed by atoms with Crippen LogP contribution in [0.5, 0.6) is 0 Å². The van der Waals surface area contributed by atoms with Gasteiger partial charge in [-0.15, -0.1) is 0 Å². The zero-order chi connectivity index (χ0) is 16.6. The Bertz CT molecular complexity index is 846. The van der Waals surface area contributed by atoms with Gasteiger partial charge in [0.15, 0.2) is 0 Å². The van der Waals surface area contributed by atoms with Crippen molar-refractivity contribution in [1.82, 2.24) is 9.55 Å². The summed E-state index contributed by atoms with van der Waals surface area (Å²) in [5.41, 5.74) is 1.77. The third-order valence-electron chi connectivity index (χ3n) is 4.77. The maximum absolute atomic E-state index is 12.6. The Hall–Kier alpha value is -2.06. The van der Waals surface area contributed by atoms with Crippen LogP contribution in [-0.2, 0) is 7.05 Å². The van der Waals surface area contributed by atoms with Crippen LogP contribution in [0.2, 0.25) is 5.15 Å². The van der Waals surface area contributed by atoms with E-state index in [1.807, 2.05) is 7.05 Å². The number of nitrogens with zero attached hydrogens (tertiary/aromatic N) is 4. The quantitative estimate of drug-likeness (QED) is 0.793. The number of fused-ring (bicyclic) bond motifs is 1. The maximum atomic E-state index is 12.6. The van der Waals surface area contributed by atoms with Crippen molar-refractivity contribution in [3.05, 3.63) is 33.2 Å². The van der Waals surface area contributed by atoms with Gasteiger partial charge in [-0.3, -0.25) is 4.79 Å². The smallest absolute Gasteiger partial charge is 0.270 e. The summed E-state index contributed by atoms with van der Waals surface area (Å²) in [5.74, 6) is 0. The van der Waals surface area contributed by atoms with Gasteiger partial charge in [0.1, 0.15) is 22.3 Å². The van der Waals surface area contributed by atoms with Crippen LogP contribution in [0, 0.1) is 11.3 Å². The molecule has 0 aliphatic heterocycles. The van der Waals surface area contributed by atoms with Crippen molar-refractivity contribution in [2.45, 2.75) is 38.1 Å². The zero-order valence-corrected chi connectivity index (χ0v) is 14.1. The van der Waals surface area contributed by atoms with Gasteiger partial charge in [-0.25, -0.2) is 4.98 Å². The predicted molar refractivity (Wildman–Crippen MR) is 92.0 cm³/mol. The van der Waals surface area contributed by atoms with Gasteiger partial charge in [0.25, 0.3) is 5.56 Å². The van der Waals surface area contributed by atoms with Gasteiger partial charge >= 0.3 is 0 Å². The molecule has 23 heavy (non-hydrogen) atoms. The fourth-order valence-corrected chi connectivity index (χ4v) is 3.61. The van der Waals surface area contributed by atoms with Crippen molar-refractivity contribution < 1.29 is 0 Å². The molecule has 1 fully saturated rings. The molecule has 0 atom stereocenters. The SMILES string of the molecule is CN(c1c(C#N)c(=O)n(C)c2ccc(Cl)nc12)C1CCCCC1. The molecule has 120 valence electrons. The first-order valence-corrected chi connectivity index (χ1v) is 8.24. The average molecular weight is 331 g/mol. The molecule has 1 saturated carbocycles. The largest absolute Gasteiger partial charge is 0.369 e. The molecule has 2 aromatic heterocycles. The molecule has 2 heterocycles. The Kier molecular flexibility index (Phi) is 4.27. The predicted octanol–water partition coefficient (Wildman–Crippen LogP) is 3.23. The molecule has 0 amide bonds. The van der Waals surface area contributed by atoms with E-state index in [2.05, 4.69) is 16.0 Å². The molecule has 0 saturated heterocycles. The Morgan fingerprint density at radius 1 is 1.35 bits per heavy atom. The molecule has 0 bridgehead atoms. The van der Waals surface area contributed by atoms with Crippen molar-refractivity contribution in [2.75, 3.05) is 11.9 Å². The third-order valence-corrected chi connectivity index (χ3v) is 4.98. The lowest BCUT2D eigenvalue weighted by molar-refractivity contribution is 0.428. The van der Waals surface area contributed by atoms with Gasteiger partial charge in [0.05, 0.1) is 11.2 Å². The molecule has 0 aromatic carbocycles. The first-order chi connectivity index (χ1) is 11.0. The van der Waals surface area contributed by atoms with Crippen molar-refractivity contribution in [3.63, 3.8) is 0 Å². The molecule has 2 aromatic rings. The van der Waals surface area contributed by atoms with Crippen LogP contribution in [0.1, 0.15) is 37.7 Å². The first kappa shape index (κ1) is 15.8. The number of aromatic nitrogens is 2. The molecule has 1 aliphatic carbocycles. The zero-order valence-electron chi connectivity index (χ0n) is 13.3. The summed E-state index contributed by atoms with van der Waals surface area (Å²) in [6, 6.07) is 5.85. The lowest BCUT2D eigenvalue weighted by Gasteiger charge is -2.33. The minimum Gasteiger partial charge on any atom is -0.369 e. The molecule has 0 N–H and O–H groups in total. The third kappa shape index (κ3) is 2.68. The van der Waals surface area contributed by atoms with Crippen LogP contribution in [0.3, 0.4) is 0 Å². The Balaban J connectivity index is 2.29. The van der Waals surface area contributed by atoms with Gasteiger partial charge in [-0.1, -0.05) is 30.9 Å². The molecule has 0 spiro atoms. The molecular weight excluding hydrogens is 312 g/mol. The minimum atomic E-state index is -0.290. The Morgan fingerprint density at radius 2 is 2.04 bits per heavy atom. The van der Waals surface area contributed by atoms with Crippen LogP contribution < -0.4 is 10.5 Å². The number of nitriles is 1. The highest BCUT2D eigenvalue weighted by atomic mass is 35.5. The van der Waals surface area contributed by atoms with E-state index in [0.717, 1.165) is 12.8 Å². The summed E-state index contributed by atoms with van der Waals surface area (Å²) >= 11 is 6.07. The summed E-state index contributed by atoms with van der Waals surface area (Å²) in [6.07, 6.45) is 5.73. The van der Waals surface area contributed by atoms with E-state index >= 15 is 0 Å². The summed E-state index contributed by atoms with van der Waals surface area (Å²) in [5, 5.41) is 9.91. The number of anilines is 1. The fourth-order valence-electron chi connectivity index (χ4n) is 3.46. The fraction of sp³-hybridized carbons (Fsp3) is 0.471. The Labute approximate surface area is 140 Å². The van der Waals surface area contributed by atoms with Crippen LogP contribution in [-0.4, -0.2) is 22.6 Å². The topological polar surface area (TPSA) is 61.9 Å². The van der Waals surface area contributed by atoms with E-state index in [-0.39, 0.29) is 11.1 Å². The second kappa shape index (κ2) is 6.21. The van der Waals surface area contributed by atoms with E-state index < -0.39 is 0 Å². The minimum absolute atomic E-state index is 0.142. The summed E-state index contributed by atoms with van der Waals surface area (Å²) in [4.78, 5) is 19.0. The van der Waals surface area contributed by atoms with Crippen molar-refractivity contribution in [2.24, 2.45) is 7.05 Å². The van der Waals surface area contributed by atoms with E-state index in [9.17, 15) is 10.1 Å². The summed E-state index contributed by atoms with van der Waals surface area (Å²) in [7, 11) is 3.61. The molecule has 1 aliphatic rings. The molecular formula is C17H19ClN4O. The van der Waals surface area contributed by atoms with Crippen molar-refractivity contribution in [1.29, 1.82) is 5.26 Å². The van der Waals surface area contributed by atoms with Gasteiger partial charge in [-0.2, -0.15) is 5.26 Å². The highest BCUT2D eigenvalue weighted by molar-refractivity contribution is 6.29. The van der Waals surface area contributed by atoms with Gasteiger partial charge in [0, 0.05) is 20.1 Å². The summed E-state index contributed by atoms with van der Waals surface area (Å²) in [6.45, 7) is 0. The molecule has 6 heteroatoms. The normalized spacial score (nSPS) is 15.6. The molecule has 0 unspecified atom stereocenters. The molecule has 3 rings (SSSR count). The lowest BCUT2D eigenvalue weighted by atomic mass is 9.93. The Morgan fingerprint density at radius 3 is 2.70 bits per heavy atom.